The average Bonchev–Trinajstić information content (AvgIpc) is 3.83. The van der Waals surface area contributed by atoms with E-state index in [4.69, 9.17) is 19.9 Å². The minimum Gasteiger partial charge on any atom is -0.488 e. The molecule has 0 radical (unpaired) electrons. The number of hydrogen-bond donors (Lipinski definition) is 2. The van der Waals surface area contributed by atoms with E-state index < -0.39 is 11.6 Å². The number of carbonyl (C=O) groups is 1. The van der Waals surface area contributed by atoms with Crippen molar-refractivity contribution in [3.8, 4) is 22.9 Å². The van der Waals surface area contributed by atoms with E-state index >= 15 is 4.39 Å². The molecule has 2 aliphatic rings. The predicted octanol–water partition coefficient (Wildman–Crippen LogP) is 10.9. The van der Waals surface area contributed by atoms with Crippen molar-refractivity contribution in [1.82, 2.24) is 19.7 Å². The SMILES string of the molecule is CC.CC(C)C.CCCC(CCC)Oc1cc2cc(C(=O)c3cnn(-c4cc(C)c(Oc5ccccc5F)cc4F)c3N)[nH]c2cc1N1CCC(N2CCOCC2)CC1. The number of ketones is 1. The number of H-pyrrole nitrogens is 1. The summed E-state index contributed by atoms with van der Waals surface area (Å²) in [5.41, 5.74) is 9.34. The number of ether oxygens (including phenoxy) is 3. The second-order valence-electron chi connectivity index (χ2n) is 15.8. The number of halogens is 2. The number of aromatic amines is 1. The molecule has 2 aliphatic heterocycles. The third-order valence-electron chi connectivity index (χ3n) is 10.4. The van der Waals surface area contributed by atoms with Crippen LogP contribution in [0.3, 0.4) is 0 Å². The van der Waals surface area contributed by atoms with E-state index in [0.29, 0.717) is 17.3 Å². The normalized spacial score (nSPS) is 14.9. The number of hydrogen-bond acceptors (Lipinski definition) is 8. The summed E-state index contributed by atoms with van der Waals surface area (Å²) in [6, 6.07) is 15.1. The van der Waals surface area contributed by atoms with Gasteiger partial charge in [-0.25, -0.2) is 13.5 Å². The second kappa shape index (κ2) is 21.4. The Morgan fingerprint density at radius 2 is 1.56 bits per heavy atom. The highest BCUT2D eigenvalue weighted by Gasteiger charge is 2.29. The van der Waals surface area contributed by atoms with E-state index in [1.807, 2.05) is 26.0 Å². The molecule has 59 heavy (non-hydrogen) atoms. The van der Waals surface area contributed by atoms with Crippen molar-refractivity contribution in [2.75, 3.05) is 50.0 Å². The van der Waals surface area contributed by atoms with Gasteiger partial charge in [0.05, 0.1) is 42.5 Å². The van der Waals surface area contributed by atoms with Crippen molar-refractivity contribution in [1.29, 1.82) is 0 Å². The lowest BCUT2D eigenvalue weighted by atomic mass is 10.0. The molecular formula is C47H64F2N6O4. The largest absolute Gasteiger partial charge is 0.488 e. The molecular weight excluding hydrogens is 751 g/mol. The zero-order chi connectivity index (χ0) is 42.6. The summed E-state index contributed by atoms with van der Waals surface area (Å²) in [4.78, 5) is 22.3. The molecule has 4 heterocycles. The second-order valence-corrected chi connectivity index (χ2v) is 15.8. The first-order valence-electron chi connectivity index (χ1n) is 21.5. The molecule has 0 atom stereocenters. The van der Waals surface area contributed by atoms with Crippen molar-refractivity contribution in [2.24, 2.45) is 5.92 Å². The Kier molecular flexibility index (Phi) is 16.3. The summed E-state index contributed by atoms with van der Waals surface area (Å²) in [6.45, 7) is 21.9. The predicted molar refractivity (Wildman–Crippen MR) is 235 cm³/mol. The molecule has 0 aliphatic carbocycles. The molecule has 2 saturated heterocycles. The number of aryl methyl sites for hydroxylation is 1. The maximum absolute atomic E-state index is 15.5. The molecule has 12 heteroatoms. The van der Waals surface area contributed by atoms with E-state index in [1.54, 1.807) is 19.1 Å². The molecule has 2 fully saturated rings. The number of fused-ring (bicyclic) bond motifs is 1. The van der Waals surface area contributed by atoms with Crippen LogP contribution in [-0.2, 0) is 4.74 Å². The van der Waals surface area contributed by atoms with Gasteiger partial charge in [-0.15, -0.1) is 0 Å². The van der Waals surface area contributed by atoms with Crippen molar-refractivity contribution in [2.45, 2.75) is 106 Å². The number of nitrogens with one attached hydrogen (secondary N) is 1. The number of morpholine rings is 1. The number of piperidine rings is 1. The van der Waals surface area contributed by atoms with E-state index in [1.165, 1.54) is 29.1 Å². The first-order valence-corrected chi connectivity index (χ1v) is 21.5. The third-order valence-corrected chi connectivity index (χ3v) is 10.4. The number of nitrogens with zero attached hydrogens (tertiary/aromatic N) is 4. The van der Waals surface area contributed by atoms with Crippen LogP contribution in [-0.4, -0.2) is 77.0 Å². The fraction of sp³-hybridized carbons (Fsp3) is 0.489. The lowest BCUT2D eigenvalue weighted by molar-refractivity contribution is 0.0115. The summed E-state index contributed by atoms with van der Waals surface area (Å²) >= 11 is 0. The van der Waals surface area contributed by atoms with Gasteiger partial charge in [-0.1, -0.05) is 73.4 Å². The first kappa shape index (κ1) is 45.1. The quantitative estimate of drug-likeness (QED) is 0.113. The summed E-state index contributed by atoms with van der Waals surface area (Å²) in [5, 5.41) is 5.14. The zero-order valence-electron chi connectivity index (χ0n) is 36.2. The highest BCUT2D eigenvalue weighted by atomic mass is 19.1. The Bertz CT molecular complexity index is 2110. The summed E-state index contributed by atoms with van der Waals surface area (Å²) in [5.74, 6) is 0.155. The fourth-order valence-electron chi connectivity index (χ4n) is 7.55. The number of para-hydroxylation sites is 1. The topological polar surface area (TPSA) is 111 Å². The van der Waals surface area contributed by atoms with E-state index in [9.17, 15) is 9.18 Å². The van der Waals surface area contributed by atoms with Crippen LogP contribution in [0.5, 0.6) is 17.2 Å². The van der Waals surface area contributed by atoms with Crippen LogP contribution in [0, 0.1) is 24.5 Å². The number of carbonyl (C=O) groups excluding carboxylic acids is 1. The summed E-state index contributed by atoms with van der Waals surface area (Å²) in [6.07, 6.45) is 7.55. The minimum absolute atomic E-state index is 0.00967. The van der Waals surface area contributed by atoms with Crippen molar-refractivity contribution in [3.05, 3.63) is 89.2 Å². The van der Waals surface area contributed by atoms with Gasteiger partial charge in [0.2, 0.25) is 5.78 Å². The molecule has 0 saturated carbocycles. The van der Waals surface area contributed by atoms with Crippen LogP contribution >= 0.6 is 0 Å². The van der Waals surface area contributed by atoms with E-state index in [2.05, 4.69) is 60.6 Å². The van der Waals surface area contributed by atoms with Gasteiger partial charge in [-0.2, -0.15) is 5.10 Å². The fourth-order valence-corrected chi connectivity index (χ4v) is 7.55. The lowest BCUT2D eigenvalue weighted by Crippen LogP contribution is -2.49. The molecule has 0 unspecified atom stereocenters. The summed E-state index contributed by atoms with van der Waals surface area (Å²) < 4.78 is 48.9. The number of anilines is 2. The Morgan fingerprint density at radius 1 is 0.898 bits per heavy atom. The van der Waals surface area contributed by atoms with Gasteiger partial charge < -0.3 is 29.8 Å². The molecule has 10 nitrogen and oxygen atoms in total. The molecule has 7 rings (SSSR count). The standard InChI is InChI=1S/C41H48F2N6O4.C4H10.C2H6/c1-4-8-29(9-5-2)52-39-22-27-21-34(46-33(27)24-36(39)48-14-12-28(13-15-48)47-16-18-51-19-17-47)40(50)30-25-45-49(41(30)44)35-20-26(3)38(23-32(35)43)53-37-11-7-6-10-31(37)42;1-4(2)3;1-2/h6-7,10-11,20-25,28-29,46H,4-5,8-9,12-19,44H2,1-3H3;4H,1-3H3;1-2H3. The summed E-state index contributed by atoms with van der Waals surface area (Å²) in [7, 11) is 0. The minimum atomic E-state index is -0.695. The highest BCUT2D eigenvalue weighted by molar-refractivity contribution is 6.12. The highest BCUT2D eigenvalue weighted by Crippen LogP contribution is 2.38. The van der Waals surface area contributed by atoms with Gasteiger partial charge in [-0.3, -0.25) is 9.69 Å². The maximum atomic E-state index is 15.5. The molecule has 320 valence electrons. The van der Waals surface area contributed by atoms with Crippen LogP contribution in [0.2, 0.25) is 0 Å². The van der Waals surface area contributed by atoms with Gasteiger partial charge in [0.15, 0.2) is 17.4 Å². The van der Waals surface area contributed by atoms with Crippen LogP contribution in [0.15, 0.2) is 60.8 Å². The van der Waals surface area contributed by atoms with E-state index in [-0.39, 0.29) is 40.5 Å². The van der Waals surface area contributed by atoms with E-state index in [0.717, 1.165) is 112 Å². The third kappa shape index (κ3) is 11.2. The number of rotatable bonds is 13. The van der Waals surface area contributed by atoms with Crippen LogP contribution in [0.1, 0.15) is 109 Å². The van der Waals surface area contributed by atoms with Gasteiger partial charge in [0.25, 0.3) is 0 Å². The molecule has 3 aromatic carbocycles. The molecule has 0 spiro atoms. The number of nitrogen functional groups attached to an aromatic ring is 1. The first-order chi connectivity index (χ1) is 28.5. The molecule has 5 aromatic rings. The Balaban J connectivity index is 0.00000104. The molecule has 2 aromatic heterocycles. The molecule has 0 bridgehead atoms. The van der Waals surface area contributed by atoms with Crippen LogP contribution < -0.4 is 20.1 Å². The van der Waals surface area contributed by atoms with Crippen LogP contribution in [0.4, 0.5) is 20.3 Å². The maximum Gasteiger partial charge on any atom is 0.214 e. The number of aromatic nitrogens is 3. The van der Waals surface area contributed by atoms with Gasteiger partial charge >= 0.3 is 0 Å². The van der Waals surface area contributed by atoms with Crippen LogP contribution in [0.25, 0.3) is 16.6 Å². The van der Waals surface area contributed by atoms with Crippen molar-refractivity contribution < 1.29 is 27.8 Å². The number of benzene rings is 3. The van der Waals surface area contributed by atoms with Gasteiger partial charge in [-0.05, 0) is 80.5 Å². The van der Waals surface area contributed by atoms with Crippen molar-refractivity contribution >= 4 is 28.2 Å². The average molecular weight is 815 g/mol. The molecule has 0 amide bonds. The van der Waals surface area contributed by atoms with Gasteiger partial charge in [0.1, 0.15) is 23.0 Å². The van der Waals surface area contributed by atoms with Gasteiger partial charge in [0, 0.05) is 49.2 Å². The Hall–Kier alpha value is -4.94. The zero-order valence-corrected chi connectivity index (χ0v) is 36.2. The monoisotopic (exact) mass is 814 g/mol. The number of nitrogens with two attached hydrogens (primary N) is 1. The van der Waals surface area contributed by atoms with Crippen molar-refractivity contribution in [3.63, 3.8) is 0 Å². The molecule has 3 N–H and O–H groups in total. The Morgan fingerprint density at radius 3 is 2.20 bits per heavy atom. The Labute approximate surface area is 349 Å². The lowest BCUT2D eigenvalue weighted by Gasteiger charge is -2.41. The smallest absolute Gasteiger partial charge is 0.214 e.